The molecule has 20 heavy (non-hydrogen) atoms. The van der Waals surface area contributed by atoms with Crippen molar-refractivity contribution in [3.05, 3.63) is 35.9 Å². The molecule has 1 saturated heterocycles. The van der Waals surface area contributed by atoms with Crippen molar-refractivity contribution in [2.45, 2.75) is 31.6 Å². The molecule has 1 amide bonds. The molecule has 1 unspecified atom stereocenters. The number of carbonyl (C=O) groups excluding carboxylic acids is 1. The highest BCUT2D eigenvalue weighted by atomic mass is 19.4. The first-order valence-electron chi connectivity index (χ1n) is 6.60. The van der Waals surface area contributed by atoms with Crippen molar-refractivity contribution in [1.29, 1.82) is 0 Å². The number of nitrogens with one attached hydrogen (secondary N) is 1. The van der Waals surface area contributed by atoms with Gasteiger partial charge < -0.3 is 5.32 Å². The second-order valence-electron chi connectivity index (χ2n) is 4.96. The Bertz CT molecular complexity index is 447. The van der Waals surface area contributed by atoms with Crippen LogP contribution >= 0.6 is 0 Å². The van der Waals surface area contributed by atoms with Crippen LogP contribution in [-0.2, 0) is 11.3 Å². The second-order valence-corrected chi connectivity index (χ2v) is 4.96. The highest BCUT2D eigenvalue weighted by molar-refractivity contribution is 5.81. The summed E-state index contributed by atoms with van der Waals surface area (Å²) >= 11 is 0. The minimum atomic E-state index is -4.80. The molecule has 1 heterocycles. The van der Waals surface area contributed by atoms with Gasteiger partial charge in [-0.15, -0.1) is 0 Å². The summed E-state index contributed by atoms with van der Waals surface area (Å²) in [5.74, 6) is -1.86. The highest BCUT2D eigenvalue weighted by Gasteiger charge is 2.39. The summed E-state index contributed by atoms with van der Waals surface area (Å²) < 4.78 is 36.4. The fourth-order valence-corrected chi connectivity index (χ4v) is 2.46. The lowest BCUT2D eigenvalue weighted by Crippen LogP contribution is -2.44. The van der Waals surface area contributed by atoms with Crippen molar-refractivity contribution in [2.24, 2.45) is 0 Å². The second kappa shape index (κ2) is 6.26. The lowest BCUT2D eigenvalue weighted by Gasteiger charge is -2.25. The summed E-state index contributed by atoms with van der Waals surface area (Å²) in [6.45, 7) is 1.60. The summed E-state index contributed by atoms with van der Waals surface area (Å²) in [6, 6.07) is 9.75. The molecule has 1 fully saturated rings. The van der Waals surface area contributed by atoms with Crippen molar-refractivity contribution >= 4 is 5.91 Å². The van der Waals surface area contributed by atoms with Gasteiger partial charge in [0.2, 0.25) is 0 Å². The normalized spacial score (nSPS) is 20.1. The average Bonchev–Trinajstić information content (AvgIpc) is 2.83. The van der Waals surface area contributed by atoms with Crippen molar-refractivity contribution in [3.63, 3.8) is 0 Å². The molecule has 1 aliphatic heterocycles. The van der Waals surface area contributed by atoms with E-state index in [2.05, 4.69) is 4.90 Å². The predicted octanol–water partition coefficient (Wildman–Crippen LogP) is 2.33. The molecule has 3 nitrogen and oxygen atoms in total. The molecule has 1 atom stereocenters. The fourth-order valence-electron chi connectivity index (χ4n) is 2.46. The van der Waals surface area contributed by atoms with Crippen LogP contribution < -0.4 is 5.32 Å². The number of alkyl halides is 3. The van der Waals surface area contributed by atoms with Crippen LogP contribution in [0.1, 0.15) is 18.4 Å². The number of likely N-dealkylation sites (tertiary alicyclic amines) is 1. The SMILES string of the molecule is O=C(NCC1CCCN1Cc1ccccc1)C(F)(F)F. The molecular formula is C14H17F3N2O. The molecule has 6 heteroatoms. The zero-order valence-corrected chi connectivity index (χ0v) is 11.0. The fraction of sp³-hybridized carbons (Fsp3) is 0.500. The number of halogens is 3. The van der Waals surface area contributed by atoms with E-state index < -0.39 is 12.1 Å². The van der Waals surface area contributed by atoms with E-state index in [9.17, 15) is 18.0 Å². The van der Waals surface area contributed by atoms with E-state index in [0.29, 0.717) is 6.54 Å². The van der Waals surface area contributed by atoms with Crippen molar-refractivity contribution in [3.8, 4) is 0 Å². The van der Waals surface area contributed by atoms with E-state index in [1.54, 1.807) is 0 Å². The van der Waals surface area contributed by atoms with Gasteiger partial charge in [0.05, 0.1) is 0 Å². The van der Waals surface area contributed by atoms with Crippen LogP contribution in [0.2, 0.25) is 0 Å². The smallest absolute Gasteiger partial charge is 0.347 e. The highest BCUT2D eigenvalue weighted by Crippen LogP contribution is 2.20. The van der Waals surface area contributed by atoms with Crippen molar-refractivity contribution in [2.75, 3.05) is 13.1 Å². The number of benzene rings is 1. The third kappa shape index (κ3) is 3.96. The molecule has 0 bridgehead atoms. The first kappa shape index (κ1) is 14.8. The third-order valence-electron chi connectivity index (χ3n) is 3.48. The molecule has 1 aromatic rings. The van der Waals surface area contributed by atoms with E-state index in [0.717, 1.165) is 24.9 Å². The Morgan fingerprint density at radius 3 is 2.65 bits per heavy atom. The first-order valence-corrected chi connectivity index (χ1v) is 6.60. The molecule has 1 N–H and O–H groups in total. The minimum Gasteiger partial charge on any atom is -0.347 e. The zero-order chi connectivity index (χ0) is 14.6. The Morgan fingerprint density at radius 1 is 1.30 bits per heavy atom. The van der Waals surface area contributed by atoms with Crippen molar-refractivity contribution in [1.82, 2.24) is 10.2 Å². The lowest BCUT2D eigenvalue weighted by molar-refractivity contribution is -0.173. The van der Waals surface area contributed by atoms with Gasteiger partial charge in [0.25, 0.3) is 0 Å². The van der Waals surface area contributed by atoms with E-state index >= 15 is 0 Å². The molecule has 0 radical (unpaired) electrons. The maximum absolute atomic E-state index is 12.1. The summed E-state index contributed by atoms with van der Waals surface area (Å²) in [6.07, 6.45) is -3.05. The van der Waals surface area contributed by atoms with Gasteiger partial charge in [-0.05, 0) is 24.9 Å². The number of hydrogen-bond donors (Lipinski definition) is 1. The van der Waals surface area contributed by atoms with Crippen LogP contribution in [0.4, 0.5) is 13.2 Å². The van der Waals surface area contributed by atoms with Crippen LogP contribution in [-0.4, -0.2) is 36.1 Å². The Balaban J connectivity index is 1.87. The van der Waals surface area contributed by atoms with Gasteiger partial charge in [0, 0.05) is 19.1 Å². The Kier molecular flexibility index (Phi) is 4.65. The van der Waals surface area contributed by atoms with Crippen LogP contribution in [0.25, 0.3) is 0 Å². The van der Waals surface area contributed by atoms with E-state index in [1.807, 2.05) is 35.6 Å². The van der Waals surface area contributed by atoms with Gasteiger partial charge >= 0.3 is 12.1 Å². The predicted molar refractivity (Wildman–Crippen MR) is 68.9 cm³/mol. The third-order valence-corrected chi connectivity index (χ3v) is 3.48. The largest absolute Gasteiger partial charge is 0.471 e. The number of hydrogen-bond acceptors (Lipinski definition) is 2. The van der Waals surface area contributed by atoms with Crippen LogP contribution in [0.3, 0.4) is 0 Å². The van der Waals surface area contributed by atoms with Crippen LogP contribution in [0.5, 0.6) is 0 Å². The molecule has 0 saturated carbocycles. The maximum Gasteiger partial charge on any atom is 0.471 e. The number of rotatable bonds is 4. The van der Waals surface area contributed by atoms with Crippen LogP contribution in [0.15, 0.2) is 30.3 Å². The average molecular weight is 286 g/mol. The molecule has 110 valence electrons. The standard InChI is InChI=1S/C14H17F3N2O/c15-14(16,17)13(20)18-9-12-7-4-8-19(12)10-11-5-2-1-3-6-11/h1-3,5-6,12H,4,7-10H2,(H,18,20). The van der Waals surface area contributed by atoms with Crippen LogP contribution in [0, 0.1) is 0 Å². The molecule has 0 aromatic heterocycles. The van der Waals surface area contributed by atoms with Gasteiger partial charge in [-0.2, -0.15) is 13.2 Å². The van der Waals surface area contributed by atoms with Gasteiger partial charge in [-0.25, -0.2) is 0 Å². The van der Waals surface area contributed by atoms with Gasteiger partial charge in [0.1, 0.15) is 0 Å². The van der Waals surface area contributed by atoms with E-state index in [1.165, 1.54) is 0 Å². The molecule has 0 aliphatic carbocycles. The minimum absolute atomic E-state index is 0.0264. The molecule has 0 spiro atoms. The quantitative estimate of drug-likeness (QED) is 0.921. The molecule has 1 aliphatic rings. The Hall–Kier alpha value is -1.56. The summed E-state index contributed by atoms with van der Waals surface area (Å²) in [5.41, 5.74) is 1.13. The zero-order valence-electron chi connectivity index (χ0n) is 11.0. The maximum atomic E-state index is 12.1. The Morgan fingerprint density at radius 2 is 2.00 bits per heavy atom. The molecule has 1 aromatic carbocycles. The monoisotopic (exact) mass is 286 g/mol. The number of amides is 1. The summed E-state index contributed by atoms with van der Waals surface area (Å²) in [4.78, 5) is 12.9. The first-order chi connectivity index (χ1) is 9.47. The summed E-state index contributed by atoms with van der Waals surface area (Å²) in [7, 11) is 0. The molecular weight excluding hydrogens is 269 g/mol. The lowest BCUT2D eigenvalue weighted by atomic mass is 10.2. The van der Waals surface area contributed by atoms with Gasteiger partial charge in [0.15, 0.2) is 0 Å². The Labute approximate surface area is 115 Å². The van der Waals surface area contributed by atoms with Crippen molar-refractivity contribution < 1.29 is 18.0 Å². The summed E-state index contributed by atoms with van der Waals surface area (Å²) in [5, 5.41) is 1.97. The van der Waals surface area contributed by atoms with E-state index in [4.69, 9.17) is 0 Å². The van der Waals surface area contributed by atoms with E-state index in [-0.39, 0.29) is 12.6 Å². The topological polar surface area (TPSA) is 32.3 Å². The molecule has 2 rings (SSSR count). The number of carbonyl (C=O) groups is 1. The van der Waals surface area contributed by atoms with Gasteiger partial charge in [-0.3, -0.25) is 9.69 Å². The number of nitrogens with zero attached hydrogens (tertiary/aromatic N) is 1. The van der Waals surface area contributed by atoms with Gasteiger partial charge in [-0.1, -0.05) is 30.3 Å².